The van der Waals surface area contributed by atoms with E-state index in [1.807, 2.05) is 32.9 Å². The molecule has 0 radical (unpaired) electrons. The topological polar surface area (TPSA) is 68.3 Å². The summed E-state index contributed by atoms with van der Waals surface area (Å²) in [4.78, 5) is 12.2. The molecule has 4 nitrogen and oxygen atoms in total. The van der Waals surface area contributed by atoms with Crippen LogP contribution in [0, 0.1) is 27.7 Å². The van der Waals surface area contributed by atoms with Crippen LogP contribution in [0.4, 0.5) is 11.4 Å². The van der Waals surface area contributed by atoms with E-state index in [0.717, 1.165) is 28.3 Å². The van der Waals surface area contributed by atoms with Gasteiger partial charge in [-0.1, -0.05) is 0 Å². The minimum Gasteiger partial charge on any atom is -0.466 e. The molecule has 1 aromatic heterocycles. The lowest BCUT2D eigenvalue weighted by atomic mass is 10.1. The Hall–Kier alpha value is -2.23. The van der Waals surface area contributed by atoms with Crippen LogP contribution < -0.4 is 11.1 Å². The molecule has 2 aromatic rings. The highest BCUT2D eigenvalue weighted by atomic mass is 16.3. The average molecular weight is 258 g/mol. The molecule has 0 unspecified atom stereocenters. The number of hydrogen-bond acceptors (Lipinski definition) is 3. The van der Waals surface area contributed by atoms with E-state index in [1.54, 1.807) is 13.0 Å². The van der Waals surface area contributed by atoms with E-state index in [0.29, 0.717) is 11.3 Å². The molecule has 1 aromatic carbocycles. The fourth-order valence-electron chi connectivity index (χ4n) is 2.02. The number of hydrogen-bond donors (Lipinski definition) is 2. The number of aryl methyl sites for hydroxylation is 4. The predicted octanol–water partition coefficient (Wildman–Crippen LogP) is 3.35. The number of benzene rings is 1. The molecule has 0 saturated heterocycles. The molecule has 100 valence electrons. The monoisotopic (exact) mass is 258 g/mol. The van der Waals surface area contributed by atoms with Crippen molar-refractivity contribution < 1.29 is 9.21 Å². The van der Waals surface area contributed by atoms with Crippen molar-refractivity contribution in [3.63, 3.8) is 0 Å². The molecular formula is C15H18N2O2. The molecule has 0 aliphatic rings. The summed E-state index contributed by atoms with van der Waals surface area (Å²) in [7, 11) is 0. The molecule has 2 rings (SSSR count). The number of furan rings is 1. The van der Waals surface area contributed by atoms with Gasteiger partial charge in [0.2, 0.25) is 0 Å². The van der Waals surface area contributed by atoms with Crippen molar-refractivity contribution in [1.82, 2.24) is 0 Å². The third-order valence-corrected chi connectivity index (χ3v) is 3.15. The second kappa shape index (κ2) is 4.80. The quantitative estimate of drug-likeness (QED) is 0.812. The highest BCUT2D eigenvalue weighted by Gasteiger charge is 2.14. The van der Waals surface area contributed by atoms with Gasteiger partial charge >= 0.3 is 0 Å². The molecule has 0 aliphatic carbocycles. The Morgan fingerprint density at radius 1 is 1.11 bits per heavy atom. The van der Waals surface area contributed by atoms with Gasteiger partial charge < -0.3 is 15.5 Å². The zero-order valence-corrected chi connectivity index (χ0v) is 11.6. The van der Waals surface area contributed by atoms with Gasteiger partial charge in [-0.2, -0.15) is 0 Å². The first-order valence-corrected chi connectivity index (χ1v) is 6.13. The summed E-state index contributed by atoms with van der Waals surface area (Å²) >= 11 is 0. The van der Waals surface area contributed by atoms with Crippen LogP contribution in [0.15, 0.2) is 22.6 Å². The maximum Gasteiger partial charge on any atom is 0.259 e. The lowest BCUT2D eigenvalue weighted by molar-refractivity contribution is 0.102. The van der Waals surface area contributed by atoms with Crippen LogP contribution >= 0.6 is 0 Å². The number of rotatable bonds is 2. The van der Waals surface area contributed by atoms with Crippen LogP contribution in [0.1, 0.15) is 33.0 Å². The van der Waals surface area contributed by atoms with Crippen LogP contribution in [0.5, 0.6) is 0 Å². The number of anilines is 2. The van der Waals surface area contributed by atoms with E-state index in [9.17, 15) is 4.79 Å². The van der Waals surface area contributed by atoms with Gasteiger partial charge in [0, 0.05) is 11.4 Å². The Bertz CT molecular complexity index is 642. The molecule has 0 atom stereocenters. The lowest BCUT2D eigenvalue weighted by Crippen LogP contribution is -2.13. The van der Waals surface area contributed by atoms with Gasteiger partial charge in [-0.15, -0.1) is 0 Å². The maximum atomic E-state index is 12.2. The van der Waals surface area contributed by atoms with Crippen LogP contribution in [-0.4, -0.2) is 5.91 Å². The molecule has 0 aliphatic heterocycles. The first-order chi connectivity index (χ1) is 8.88. The fraction of sp³-hybridized carbons (Fsp3) is 0.267. The van der Waals surface area contributed by atoms with E-state index in [4.69, 9.17) is 10.2 Å². The highest BCUT2D eigenvalue weighted by molar-refractivity contribution is 6.05. The second-order valence-electron chi connectivity index (χ2n) is 4.80. The van der Waals surface area contributed by atoms with E-state index >= 15 is 0 Å². The molecule has 1 amide bonds. The maximum absolute atomic E-state index is 12.2. The van der Waals surface area contributed by atoms with Crippen molar-refractivity contribution in [2.24, 2.45) is 0 Å². The van der Waals surface area contributed by atoms with Crippen molar-refractivity contribution in [2.45, 2.75) is 27.7 Å². The molecule has 0 bridgehead atoms. The highest BCUT2D eigenvalue weighted by Crippen LogP contribution is 2.23. The van der Waals surface area contributed by atoms with Crippen molar-refractivity contribution in [1.29, 1.82) is 0 Å². The first-order valence-electron chi connectivity index (χ1n) is 6.13. The van der Waals surface area contributed by atoms with Gasteiger partial charge in [-0.05, 0) is 57.0 Å². The minimum absolute atomic E-state index is 0.165. The lowest BCUT2D eigenvalue weighted by Gasteiger charge is -2.10. The number of carbonyl (C=O) groups is 1. The first kappa shape index (κ1) is 13.2. The molecule has 4 heteroatoms. The summed E-state index contributed by atoms with van der Waals surface area (Å²) in [6.07, 6.45) is 0. The molecule has 19 heavy (non-hydrogen) atoms. The number of nitrogen functional groups attached to an aromatic ring is 1. The van der Waals surface area contributed by atoms with Gasteiger partial charge in [-0.25, -0.2) is 0 Å². The Labute approximate surface area is 112 Å². The Balaban J connectivity index is 2.29. The Morgan fingerprint density at radius 2 is 1.79 bits per heavy atom. The summed E-state index contributed by atoms with van der Waals surface area (Å²) < 4.78 is 5.37. The molecule has 3 N–H and O–H groups in total. The summed E-state index contributed by atoms with van der Waals surface area (Å²) in [6.45, 7) is 7.43. The smallest absolute Gasteiger partial charge is 0.259 e. The molecular weight excluding hydrogens is 240 g/mol. The van der Waals surface area contributed by atoms with E-state index in [-0.39, 0.29) is 5.91 Å². The normalized spacial score (nSPS) is 10.5. The fourth-order valence-corrected chi connectivity index (χ4v) is 2.02. The SMILES string of the molecule is Cc1cc(C(=O)Nc2cc(C)c(N)cc2C)c(C)o1. The van der Waals surface area contributed by atoms with Gasteiger partial charge in [0.25, 0.3) is 5.91 Å². The standard InChI is InChI=1S/C15H18N2O2/c1-8-6-14(9(2)5-13(8)16)17-15(18)12-7-10(3)19-11(12)4/h5-7H,16H2,1-4H3,(H,17,18). The van der Waals surface area contributed by atoms with Crippen LogP contribution in [-0.2, 0) is 0 Å². The number of carbonyl (C=O) groups excluding carboxylic acids is 1. The third kappa shape index (κ3) is 2.62. The summed E-state index contributed by atoms with van der Waals surface area (Å²) in [5, 5.41) is 2.89. The summed E-state index contributed by atoms with van der Waals surface area (Å²) in [6, 6.07) is 5.48. The van der Waals surface area contributed by atoms with Crippen molar-refractivity contribution in [2.75, 3.05) is 11.1 Å². The van der Waals surface area contributed by atoms with Gasteiger partial charge in [0.1, 0.15) is 11.5 Å². The summed E-state index contributed by atoms with van der Waals surface area (Å²) in [5.74, 6) is 1.19. The average Bonchev–Trinajstić information content (AvgIpc) is 2.65. The number of nitrogens with one attached hydrogen (secondary N) is 1. The number of nitrogens with two attached hydrogens (primary N) is 1. The second-order valence-corrected chi connectivity index (χ2v) is 4.80. The van der Waals surface area contributed by atoms with Gasteiger partial charge in [-0.3, -0.25) is 4.79 Å². The van der Waals surface area contributed by atoms with Crippen LogP contribution in [0.2, 0.25) is 0 Å². The molecule has 0 fully saturated rings. The largest absolute Gasteiger partial charge is 0.466 e. The molecule has 1 heterocycles. The van der Waals surface area contributed by atoms with Crippen LogP contribution in [0.25, 0.3) is 0 Å². The minimum atomic E-state index is -0.165. The Morgan fingerprint density at radius 3 is 2.37 bits per heavy atom. The molecule has 0 spiro atoms. The Kier molecular flexibility index (Phi) is 3.34. The predicted molar refractivity (Wildman–Crippen MR) is 76.5 cm³/mol. The van der Waals surface area contributed by atoms with Crippen molar-refractivity contribution >= 4 is 17.3 Å². The zero-order valence-electron chi connectivity index (χ0n) is 11.6. The van der Waals surface area contributed by atoms with E-state index in [2.05, 4.69) is 5.32 Å². The van der Waals surface area contributed by atoms with Gasteiger partial charge in [0.15, 0.2) is 0 Å². The van der Waals surface area contributed by atoms with Gasteiger partial charge in [0.05, 0.1) is 5.56 Å². The van der Waals surface area contributed by atoms with E-state index in [1.165, 1.54) is 0 Å². The summed E-state index contributed by atoms with van der Waals surface area (Å²) in [5.41, 5.74) is 9.78. The van der Waals surface area contributed by atoms with Crippen molar-refractivity contribution in [3.05, 3.63) is 46.4 Å². The number of amides is 1. The van der Waals surface area contributed by atoms with Crippen LogP contribution in [0.3, 0.4) is 0 Å². The van der Waals surface area contributed by atoms with Crippen molar-refractivity contribution in [3.8, 4) is 0 Å². The third-order valence-electron chi connectivity index (χ3n) is 3.15. The zero-order chi connectivity index (χ0) is 14.2. The van der Waals surface area contributed by atoms with E-state index < -0.39 is 0 Å². The molecule has 0 saturated carbocycles.